The van der Waals surface area contributed by atoms with Crippen molar-refractivity contribution in [2.45, 2.75) is 125 Å². The Kier molecular flexibility index (Phi) is 7.06. The van der Waals surface area contributed by atoms with Gasteiger partial charge in [0, 0.05) is 29.1 Å². The van der Waals surface area contributed by atoms with Gasteiger partial charge in [-0.3, -0.25) is 0 Å². The van der Waals surface area contributed by atoms with E-state index in [1.165, 1.54) is 29.5 Å². The lowest BCUT2D eigenvalue weighted by Crippen LogP contribution is -2.42. The molecule has 1 unspecified atom stereocenters. The number of nitrogens with zero attached hydrogens (tertiary/aromatic N) is 1. The van der Waals surface area contributed by atoms with E-state index in [2.05, 4.69) is 125 Å². The van der Waals surface area contributed by atoms with Crippen molar-refractivity contribution >= 4 is 0 Å². The van der Waals surface area contributed by atoms with E-state index in [9.17, 15) is 0 Å². The number of allylic oxidation sites excluding steroid dienone is 4. The highest BCUT2D eigenvalue weighted by molar-refractivity contribution is 5.43. The van der Waals surface area contributed by atoms with E-state index < -0.39 is 0 Å². The molecular weight excluding hydrogens is 410 g/mol. The summed E-state index contributed by atoms with van der Waals surface area (Å²) >= 11 is 0. The van der Waals surface area contributed by atoms with E-state index in [0.717, 1.165) is 6.54 Å². The Hall–Kier alpha value is -1.50. The molecule has 1 aromatic carbocycles. The van der Waals surface area contributed by atoms with Gasteiger partial charge in [0.15, 0.2) is 0 Å². The largest absolute Gasteiger partial charge is 0.368 e. The van der Waals surface area contributed by atoms with Crippen molar-refractivity contribution in [2.75, 3.05) is 6.54 Å². The van der Waals surface area contributed by atoms with Crippen LogP contribution >= 0.6 is 0 Å². The Labute approximate surface area is 212 Å². The predicted molar refractivity (Wildman–Crippen MR) is 151 cm³/mol. The second kappa shape index (κ2) is 8.86. The summed E-state index contributed by atoms with van der Waals surface area (Å²) in [4.78, 5) is 2.83. The topological polar surface area (TPSA) is 3.24 Å². The lowest BCUT2D eigenvalue weighted by Gasteiger charge is -2.43. The lowest BCUT2D eigenvalue weighted by atomic mass is 9.72. The first-order valence-electron chi connectivity index (χ1n) is 13.7. The highest BCUT2D eigenvalue weighted by atomic mass is 15.2. The summed E-state index contributed by atoms with van der Waals surface area (Å²) in [5, 5.41) is 0. The maximum atomic E-state index is 2.83. The van der Waals surface area contributed by atoms with Crippen LogP contribution in [0.15, 0.2) is 41.6 Å². The molecular formula is C33H53N. The Bertz CT molecular complexity index is 925. The number of likely N-dealkylation sites (tertiary alicyclic amines) is 1. The van der Waals surface area contributed by atoms with Gasteiger partial charge in [0.2, 0.25) is 0 Å². The first-order chi connectivity index (χ1) is 15.4. The molecule has 3 rings (SSSR count). The highest BCUT2D eigenvalue weighted by Crippen LogP contribution is 2.50. The number of hydrogen-bond donors (Lipinski definition) is 0. The average molecular weight is 464 g/mol. The zero-order valence-electron chi connectivity index (χ0n) is 24.7. The standard InChI is InChI=1S/C33H53N/c1-22(2)27-15-14-16-28(23(3)4)29(27)34-21-33(13,20-32(34,11)12)26-18-24(30(5,6)7)17-25(19-26)31(8,9)10/h14-15,17-19,22-23,28H,16,20-21H2,1-13H3/t28-,33?/m0/s1. The van der Waals surface area contributed by atoms with E-state index in [4.69, 9.17) is 0 Å². The van der Waals surface area contributed by atoms with Crippen molar-refractivity contribution in [3.05, 3.63) is 58.3 Å². The fraction of sp³-hybridized carbons (Fsp3) is 0.697. The van der Waals surface area contributed by atoms with Gasteiger partial charge in [-0.1, -0.05) is 107 Å². The minimum absolute atomic E-state index is 0.127. The monoisotopic (exact) mass is 463 g/mol. The molecule has 0 aromatic heterocycles. The zero-order chi connectivity index (χ0) is 25.9. The normalized spacial score (nSPS) is 25.7. The van der Waals surface area contributed by atoms with Gasteiger partial charge in [-0.05, 0) is 71.6 Å². The maximum absolute atomic E-state index is 2.83. The van der Waals surface area contributed by atoms with E-state index in [1.54, 1.807) is 11.3 Å². The zero-order valence-corrected chi connectivity index (χ0v) is 24.7. The Morgan fingerprint density at radius 1 is 0.853 bits per heavy atom. The first-order valence-corrected chi connectivity index (χ1v) is 13.7. The predicted octanol–water partition coefficient (Wildman–Crippen LogP) is 9.17. The fourth-order valence-corrected chi connectivity index (χ4v) is 6.30. The van der Waals surface area contributed by atoms with E-state index >= 15 is 0 Å². The third kappa shape index (κ3) is 5.19. The Morgan fingerprint density at radius 3 is 1.82 bits per heavy atom. The summed E-state index contributed by atoms with van der Waals surface area (Å²) in [6, 6.07) is 7.53. The van der Waals surface area contributed by atoms with Crippen LogP contribution in [-0.4, -0.2) is 17.0 Å². The third-order valence-corrected chi connectivity index (χ3v) is 8.47. The van der Waals surface area contributed by atoms with Crippen LogP contribution in [-0.2, 0) is 16.2 Å². The molecule has 1 heteroatoms. The van der Waals surface area contributed by atoms with Crippen molar-refractivity contribution in [3.63, 3.8) is 0 Å². The quantitative estimate of drug-likeness (QED) is 0.430. The molecule has 1 fully saturated rings. The molecule has 0 saturated carbocycles. The van der Waals surface area contributed by atoms with Crippen LogP contribution in [0.1, 0.15) is 120 Å². The highest BCUT2D eigenvalue weighted by Gasteiger charge is 2.49. The van der Waals surface area contributed by atoms with Gasteiger partial charge < -0.3 is 4.90 Å². The molecule has 1 saturated heterocycles. The maximum Gasteiger partial charge on any atom is 0.0352 e. The van der Waals surface area contributed by atoms with Crippen LogP contribution in [0.5, 0.6) is 0 Å². The lowest BCUT2D eigenvalue weighted by molar-refractivity contribution is 0.183. The Balaban J connectivity index is 2.16. The van der Waals surface area contributed by atoms with Crippen molar-refractivity contribution in [1.82, 2.24) is 4.90 Å². The van der Waals surface area contributed by atoms with Gasteiger partial charge in [-0.15, -0.1) is 0 Å². The number of benzene rings is 1. The van der Waals surface area contributed by atoms with Gasteiger partial charge in [-0.25, -0.2) is 0 Å². The summed E-state index contributed by atoms with van der Waals surface area (Å²) in [5.41, 5.74) is 8.19. The van der Waals surface area contributed by atoms with E-state index in [1.807, 2.05) is 0 Å². The summed E-state index contributed by atoms with van der Waals surface area (Å²) in [6.07, 6.45) is 7.21. The van der Waals surface area contributed by atoms with Gasteiger partial charge >= 0.3 is 0 Å². The molecule has 1 aliphatic carbocycles. The Morgan fingerprint density at radius 2 is 1.38 bits per heavy atom. The number of hydrogen-bond acceptors (Lipinski definition) is 1. The summed E-state index contributed by atoms with van der Waals surface area (Å²) in [7, 11) is 0. The molecule has 0 bridgehead atoms. The van der Waals surface area contributed by atoms with Crippen molar-refractivity contribution in [2.24, 2.45) is 17.8 Å². The van der Waals surface area contributed by atoms with Crippen LogP contribution in [0.2, 0.25) is 0 Å². The van der Waals surface area contributed by atoms with Gasteiger partial charge in [0.05, 0.1) is 0 Å². The van der Waals surface area contributed by atoms with Crippen LogP contribution in [0.25, 0.3) is 0 Å². The summed E-state index contributed by atoms with van der Waals surface area (Å²) < 4.78 is 0. The molecule has 2 aliphatic rings. The molecule has 0 amide bonds. The van der Waals surface area contributed by atoms with Crippen LogP contribution in [0, 0.1) is 17.8 Å². The van der Waals surface area contributed by atoms with Crippen molar-refractivity contribution in [1.29, 1.82) is 0 Å². The van der Waals surface area contributed by atoms with E-state index in [0.29, 0.717) is 17.8 Å². The molecule has 0 radical (unpaired) electrons. The average Bonchev–Trinajstić information content (AvgIpc) is 2.95. The van der Waals surface area contributed by atoms with Crippen LogP contribution in [0.4, 0.5) is 0 Å². The molecule has 190 valence electrons. The molecule has 2 atom stereocenters. The third-order valence-electron chi connectivity index (χ3n) is 8.47. The van der Waals surface area contributed by atoms with Crippen molar-refractivity contribution < 1.29 is 0 Å². The summed E-state index contributed by atoms with van der Waals surface area (Å²) in [5.74, 6) is 1.80. The molecule has 1 aliphatic heterocycles. The van der Waals surface area contributed by atoms with Gasteiger partial charge in [-0.2, -0.15) is 0 Å². The minimum Gasteiger partial charge on any atom is -0.368 e. The number of rotatable bonds is 4. The van der Waals surface area contributed by atoms with Crippen LogP contribution < -0.4 is 0 Å². The fourth-order valence-electron chi connectivity index (χ4n) is 6.30. The second-order valence-electron chi connectivity index (χ2n) is 14.9. The molecule has 1 heterocycles. The molecule has 1 nitrogen and oxygen atoms in total. The van der Waals surface area contributed by atoms with Gasteiger partial charge in [0.25, 0.3) is 0 Å². The minimum atomic E-state index is 0.127. The molecule has 34 heavy (non-hydrogen) atoms. The SMILES string of the molecule is CC(C)C1=C(N2CC(C)(c3cc(C(C)(C)C)cc(C(C)(C)C)c3)CC2(C)C)[C@H](C(C)C)CC=C1. The molecule has 1 aromatic rings. The van der Waals surface area contributed by atoms with Crippen LogP contribution in [0.3, 0.4) is 0 Å². The first kappa shape index (κ1) is 27.1. The van der Waals surface area contributed by atoms with Gasteiger partial charge in [0.1, 0.15) is 0 Å². The second-order valence-corrected chi connectivity index (χ2v) is 14.9. The molecule has 0 N–H and O–H groups in total. The van der Waals surface area contributed by atoms with Crippen molar-refractivity contribution in [3.8, 4) is 0 Å². The smallest absolute Gasteiger partial charge is 0.0352 e. The summed E-state index contributed by atoms with van der Waals surface area (Å²) in [6.45, 7) is 32.3. The molecule has 0 spiro atoms. The van der Waals surface area contributed by atoms with E-state index in [-0.39, 0.29) is 21.8 Å².